The van der Waals surface area contributed by atoms with Crippen molar-refractivity contribution in [2.24, 2.45) is 11.7 Å². The topological polar surface area (TPSA) is 81.7 Å². The van der Waals surface area contributed by atoms with E-state index in [-0.39, 0.29) is 11.8 Å². The third-order valence-electron chi connectivity index (χ3n) is 5.49. The van der Waals surface area contributed by atoms with Crippen LogP contribution in [-0.4, -0.2) is 20.8 Å². The minimum atomic E-state index is -0.431. The van der Waals surface area contributed by atoms with Crippen LogP contribution in [0.25, 0.3) is 5.65 Å². The van der Waals surface area contributed by atoms with Gasteiger partial charge in [0, 0.05) is 23.6 Å². The third-order valence-corrected chi connectivity index (χ3v) is 5.49. The predicted octanol–water partition coefficient (Wildman–Crippen LogP) is 3.76. The van der Waals surface area contributed by atoms with Crippen LogP contribution in [0.1, 0.15) is 38.3 Å². The lowest BCUT2D eigenvalue weighted by molar-refractivity contribution is -0.122. The molecule has 0 bridgehead atoms. The lowest BCUT2D eigenvalue weighted by Crippen LogP contribution is -2.51. The highest BCUT2D eigenvalue weighted by Gasteiger charge is 2.37. The number of benzene rings is 1. The number of nitrogens with one attached hydrogen (secondary N) is 1. The zero-order valence-corrected chi connectivity index (χ0v) is 16.1. The molecule has 2 aromatic heterocycles. The van der Waals surface area contributed by atoms with E-state index in [1.165, 1.54) is 0 Å². The maximum atomic E-state index is 12.6. The van der Waals surface area contributed by atoms with Crippen LogP contribution in [0.4, 0.5) is 5.69 Å². The van der Waals surface area contributed by atoms with Gasteiger partial charge in [-0.15, -0.1) is 0 Å². The first-order chi connectivity index (χ1) is 13.5. The van der Waals surface area contributed by atoms with E-state index in [9.17, 15) is 4.79 Å². The fourth-order valence-electron chi connectivity index (χ4n) is 3.87. The first kappa shape index (κ1) is 18.5. The Kier molecular flexibility index (Phi) is 5.05. The highest BCUT2D eigenvalue weighted by molar-refractivity contribution is 5.93. The minimum Gasteiger partial charge on any atom is -0.487 e. The summed E-state index contributed by atoms with van der Waals surface area (Å²) in [6, 6.07) is 13.3. The van der Waals surface area contributed by atoms with Gasteiger partial charge in [0.1, 0.15) is 18.0 Å². The van der Waals surface area contributed by atoms with Crippen LogP contribution in [0.5, 0.6) is 5.75 Å². The molecule has 0 spiro atoms. The first-order valence-corrected chi connectivity index (χ1v) is 9.76. The number of rotatable bonds is 5. The van der Waals surface area contributed by atoms with E-state index in [2.05, 4.69) is 10.3 Å². The van der Waals surface area contributed by atoms with Gasteiger partial charge in [-0.05, 0) is 56.2 Å². The molecule has 6 nitrogen and oxygen atoms in total. The van der Waals surface area contributed by atoms with Crippen molar-refractivity contribution in [1.82, 2.24) is 9.38 Å². The molecule has 1 aliphatic rings. The van der Waals surface area contributed by atoms with E-state index in [0.717, 1.165) is 48.5 Å². The van der Waals surface area contributed by atoms with Crippen LogP contribution in [0, 0.1) is 5.92 Å². The standard InChI is InChI=1S/C22H26N4O2/c1-22(23)12-4-2-6-19(22)21(27)25-16-8-10-18(11-9-16)28-15-17-14-26-13-5-3-7-20(26)24-17/h3,5,7-11,13-14,19H,2,4,6,12,15,23H2,1H3,(H,25,27). The van der Waals surface area contributed by atoms with Crippen molar-refractivity contribution in [3.8, 4) is 5.75 Å². The number of amides is 1. The van der Waals surface area contributed by atoms with Gasteiger partial charge in [-0.25, -0.2) is 4.98 Å². The molecule has 0 saturated heterocycles. The number of hydrogen-bond acceptors (Lipinski definition) is 4. The van der Waals surface area contributed by atoms with Gasteiger partial charge in [0.15, 0.2) is 0 Å². The average molecular weight is 378 g/mol. The Bertz CT molecular complexity index is 929. The van der Waals surface area contributed by atoms with Gasteiger partial charge in [-0.3, -0.25) is 4.79 Å². The summed E-state index contributed by atoms with van der Waals surface area (Å²) >= 11 is 0. The van der Waals surface area contributed by atoms with E-state index in [4.69, 9.17) is 10.5 Å². The van der Waals surface area contributed by atoms with Gasteiger partial charge in [-0.1, -0.05) is 18.9 Å². The van der Waals surface area contributed by atoms with Gasteiger partial charge in [-0.2, -0.15) is 0 Å². The molecule has 3 N–H and O–H groups in total. The van der Waals surface area contributed by atoms with Crippen LogP contribution in [-0.2, 0) is 11.4 Å². The number of anilines is 1. The van der Waals surface area contributed by atoms with Gasteiger partial charge >= 0.3 is 0 Å². The lowest BCUT2D eigenvalue weighted by atomic mass is 9.74. The van der Waals surface area contributed by atoms with Crippen molar-refractivity contribution >= 4 is 17.2 Å². The molecule has 6 heteroatoms. The third kappa shape index (κ3) is 4.02. The number of carbonyl (C=O) groups is 1. The molecule has 1 amide bonds. The Balaban J connectivity index is 1.35. The number of imidazole rings is 1. The molecule has 1 fully saturated rings. The summed E-state index contributed by atoms with van der Waals surface area (Å²) in [5, 5.41) is 3.00. The van der Waals surface area contributed by atoms with E-state index in [0.29, 0.717) is 6.61 Å². The zero-order chi connectivity index (χ0) is 19.6. The predicted molar refractivity (Wildman–Crippen MR) is 109 cm³/mol. The van der Waals surface area contributed by atoms with Crippen molar-refractivity contribution in [3.63, 3.8) is 0 Å². The van der Waals surface area contributed by atoms with Gasteiger partial charge in [0.25, 0.3) is 0 Å². The summed E-state index contributed by atoms with van der Waals surface area (Å²) in [7, 11) is 0. The number of hydrogen-bond donors (Lipinski definition) is 2. The quantitative estimate of drug-likeness (QED) is 0.708. The summed E-state index contributed by atoms with van der Waals surface area (Å²) < 4.78 is 7.79. The Morgan fingerprint density at radius 2 is 2.11 bits per heavy atom. The molecule has 28 heavy (non-hydrogen) atoms. The molecule has 1 saturated carbocycles. The smallest absolute Gasteiger partial charge is 0.229 e. The molecular weight excluding hydrogens is 352 g/mol. The molecule has 4 rings (SSSR count). The van der Waals surface area contributed by atoms with Crippen molar-refractivity contribution in [2.75, 3.05) is 5.32 Å². The monoisotopic (exact) mass is 378 g/mol. The Hall–Kier alpha value is -2.86. The number of nitrogens with zero attached hydrogens (tertiary/aromatic N) is 2. The van der Waals surface area contributed by atoms with E-state index in [1.54, 1.807) is 0 Å². The SMILES string of the molecule is CC1(N)CCCCC1C(=O)Nc1ccc(OCc2cn3ccccc3n2)cc1. The van der Waals surface area contributed by atoms with E-state index < -0.39 is 5.54 Å². The van der Waals surface area contributed by atoms with Gasteiger partial charge in [0.2, 0.25) is 5.91 Å². The summed E-state index contributed by atoms with van der Waals surface area (Å²) in [6.07, 6.45) is 7.80. The van der Waals surface area contributed by atoms with Gasteiger partial charge < -0.3 is 20.2 Å². The number of ether oxygens (including phenoxy) is 1. The molecule has 0 radical (unpaired) electrons. The largest absolute Gasteiger partial charge is 0.487 e. The summed E-state index contributed by atoms with van der Waals surface area (Å²) in [6.45, 7) is 2.37. The lowest BCUT2D eigenvalue weighted by Gasteiger charge is -2.37. The number of nitrogens with two attached hydrogens (primary N) is 1. The average Bonchev–Trinajstić information content (AvgIpc) is 3.10. The maximum absolute atomic E-state index is 12.6. The molecule has 0 aliphatic heterocycles. The second-order valence-corrected chi connectivity index (χ2v) is 7.80. The zero-order valence-electron chi connectivity index (χ0n) is 16.1. The second-order valence-electron chi connectivity index (χ2n) is 7.80. The normalized spacial score (nSPS) is 22.1. The molecule has 2 heterocycles. The van der Waals surface area contributed by atoms with E-state index >= 15 is 0 Å². The van der Waals surface area contributed by atoms with E-state index in [1.807, 2.05) is 66.2 Å². The highest BCUT2D eigenvalue weighted by Crippen LogP contribution is 2.32. The van der Waals surface area contributed by atoms with Crippen molar-refractivity contribution in [1.29, 1.82) is 0 Å². The Morgan fingerprint density at radius 1 is 1.29 bits per heavy atom. The molecular formula is C22H26N4O2. The Morgan fingerprint density at radius 3 is 2.86 bits per heavy atom. The number of pyridine rings is 1. The fraction of sp³-hybridized carbons (Fsp3) is 0.364. The Labute approximate surface area is 164 Å². The number of aromatic nitrogens is 2. The number of fused-ring (bicyclic) bond motifs is 1. The minimum absolute atomic E-state index is 0.00284. The van der Waals surface area contributed by atoms with Crippen molar-refractivity contribution in [3.05, 3.63) is 60.6 Å². The number of carbonyl (C=O) groups excluding carboxylic acids is 1. The second kappa shape index (κ2) is 7.64. The van der Waals surface area contributed by atoms with Crippen molar-refractivity contribution < 1.29 is 9.53 Å². The molecule has 1 aromatic carbocycles. The molecule has 3 aromatic rings. The molecule has 1 aliphatic carbocycles. The van der Waals surface area contributed by atoms with Crippen LogP contribution >= 0.6 is 0 Å². The maximum Gasteiger partial charge on any atom is 0.229 e. The van der Waals surface area contributed by atoms with Crippen molar-refractivity contribution in [2.45, 2.75) is 44.8 Å². The molecule has 2 atom stereocenters. The van der Waals surface area contributed by atoms with Crippen LogP contribution in [0.15, 0.2) is 54.9 Å². The summed E-state index contributed by atoms with van der Waals surface area (Å²) in [5.74, 6) is 0.590. The van der Waals surface area contributed by atoms with Crippen LogP contribution in [0.3, 0.4) is 0 Å². The fourth-order valence-corrected chi connectivity index (χ4v) is 3.87. The highest BCUT2D eigenvalue weighted by atomic mass is 16.5. The van der Waals surface area contributed by atoms with Crippen LogP contribution < -0.4 is 15.8 Å². The molecule has 146 valence electrons. The molecule has 2 unspecified atom stereocenters. The van der Waals surface area contributed by atoms with Crippen LogP contribution in [0.2, 0.25) is 0 Å². The summed E-state index contributed by atoms with van der Waals surface area (Å²) in [5.41, 5.74) is 8.42. The first-order valence-electron chi connectivity index (χ1n) is 9.76. The summed E-state index contributed by atoms with van der Waals surface area (Å²) in [4.78, 5) is 17.2. The van der Waals surface area contributed by atoms with Gasteiger partial charge in [0.05, 0.1) is 11.6 Å².